The summed E-state index contributed by atoms with van der Waals surface area (Å²) in [5, 5.41) is 2.59. The molecule has 0 aliphatic heterocycles. The number of nitrogens with one attached hydrogen (secondary N) is 1. The highest BCUT2D eigenvalue weighted by atomic mass is 16.5. The quantitative estimate of drug-likeness (QED) is 0.663. The molecule has 0 fully saturated rings. The van der Waals surface area contributed by atoms with Crippen LogP contribution in [0.2, 0.25) is 0 Å². The summed E-state index contributed by atoms with van der Waals surface area (Å²) in [5.41, 5.74) is 1.29. The average Bonchev–Trinajstić information content (AvgIpc) is 2.71. The second-order valence-electron chi connectivity index (χ2n) is 6.60. The van der Waals surface area contributed by atoms with Crippen LogP contribution in [0.1, 0.15) is 58.5 Å². The zero-order chi connectivity index (χ0) is 20.3. The molecule has 0 bridgehead atoms. The van der Waals surface area contributed by atoms with Crippen molar-refractivity contribution in [1.29, 1.82) is 0 Å². The molecule has 6 heteroatoms. The van der Waals surface area contributed by atoms with Gasteiger partial charge in [-0.1, -0.05) is 50.2 Å². The minimum Gasteiger partial charge on any atom is -0.455 e. The minimum atomic E-state index is -0.563. The fourth-order valence-corrected chi connectivity index (χ4v) is 3.31. The molecule has 144 valence electrons. The Morgan fingerprint density at radius 1 is 0.893 bits per heavy atom. The van der Waals surface area contributed by atoms with Gasteiger partial charge in [-0.05, 0) is 18.9 Å². The van der Waals surface area contributed by atoms with Crippen molar-refractivity contribution in [2.45, 2.75) is 26.7 Å². The molecule has 2 aromatic rings. The van der Waals surface area contributed by atoms with Crippen molar-refractivity contribution in [3.63, 3.8) is 0 Å². The maximum absolute atomic E-state index is 12.9. The van der Waals surface area contributed by atoms with E-state index in [0.29, 0.717) is 24.0 Å². The maximum atomic E-state index is 12.9. The monoisotopic (exact) mass is 379 g/mol. The largest absolute Gasteiger partial charge is 0.455 e. The van der Waals surface area contributed by atoms with Crippen LogP contribution in [0.15, 0.2) is 42.5 Å². The standard InChI is InChI=1S/C22H21NO5/c1-3-13(4-2)22(27)28-12-18(24)23-17-11-7-10-16-19(17)21(26)15-9-6-5-8-14(15)20(16)25/h5-11,13H,3-4,12H2,1-2H3,(H,23,24). The van der Waals surface area contributed by atoms with Gasteiger partial charge in [-0.2, -0.15) is 0 Å². The first-order valence-electron chi connectivity index (χ1n) is 9.25. The number of ketones is 2. The first-order chi connectivity index (χ1) is 13.5. The molecule has 28 heavy (non-hydrogen) atoms. The van der Waals surface area contributed by atoms with Crippen molar-refractivity contribution < 1.29 is 23.9 Å². The summed E-state index contributed by atoms with van der Waals surface area (Å²) in [6, 6.07) is 11.3. The van der Waals surface area contributed by atoms with E-state index < -0.39 is 18.5 Å². The van der Waals surface area contributed by atoms with E-state index in [0.717, 1.165) is 0 Å². The Labute approximate surface area is 162 Å². The lowest BCUT2D eigenvalue weighted by Gasteiger charge is -2.20. The van der Waals surface area contributed by atoms with E-state index in [1.165, 1.54) is 0 Å². The van der Waals surface area contributed by atoms with Gasteiger partial charge in [0, 0.05) is 16.7 Å². The third-order valence-electron chi connectivity index (χ3n) is 4.89. The van der Waals surface area contributed by atoms with Gasteiger partial charge in [-0.25, -0.2) is 0 Å². The molecule has 0 atom stereocenters. The number of carbonyl (C=O) groups is 4. The average molecular weight is 379 g/mol. The predicted molar refractivity (Wildman–Crippen MR) is 103 cm³/mol. The zero-order valence-corrected chi connectivity index (χ0v) is 15.8. The molecule has 1 aliphatic carbocycles. The molecule has 0 saturated carbocycles. The molecule has 0 radical (unpaired) electrons. The Bertz CT molecular complexity index is 959. The number of ether oxygens (including phenoxy) is 1. The molecule has 1 aliphatic rings. The molecule has 0 unspecified atom stereocenters. The number of carbonyl (C=O) groups excluding carboxylic acids is 4. The van der Waals surface area contributed by atoms with Gasteiger partial charge in [0.15, 0.2) is 18.2 Å². The van der Waals surface area contributed by atoms with Gasteiger partial charge in [0.05, 0.1) is 17.2 Å². The van der Waals surface area contributed by atoms with Gasteiger partial charge in [0.2, 0.25) is 0 Å². The van der Waals surface area contributed by atoms with E-state index in [9.17, 15) is 19.2 Å². The Morgan fingerprint density at radius 3 is 2.14 bits per heavy atom. The van der Waals surface area contributed by atoms with Crippen molar-refractivity contribution >= 4 is 29.1 Å². The minimum absolute atomic E-state index is 0.158. The molecule has 0 spiro atoms. The maximum Gasteiger partial charge on any atom is 0.309 e. The van der Waals surface area contributed by atoms with E-state index in [1.54, 1.807) is 42.5 Å². The van der Waals surface area contributed by atoms with Gasteiger partial charge < -0.3 is 10.1 Å². The number of esters is 1. The Morgan fingerprint density at radius 2 is 1.50 bits per heavy atom. The first-order valence-corrected chi connectivity index (χ1v) is 9.25. The molecule has 1 N–H and O–H groups in total. The highest BCUT2D eigenvalue weighted by molar-refractivity contribution is 6.30. The Balaban J connectivity index is 1.80. The van der Waals surface area contributed by atoms with Crippen molar-refractivity contribution in [2.75, 3.05) is 11.9 Å². The second-order valence-corrected chi connectivity index (χ2v) is 6.60. The SMILES string of the molecule is CCC(CC)C(=O)OCC(=O)Nc1cccc2c1C(=O)c1ccccc1C2=O. The van der Waals surface area contributed by atoms with Crippen molar-refractivity contribution in [1.82, 2.24) is 0 Å². The molecular formula is C22H21NO5. The third kappa shape index (κ3) is 3.58. The number of benzene rings is 2. The van der Waals surface area contributed by atoms with E-state index in [2.05, 4.69) is 5.32 Å². The van der Waals surface area contributed by atoms with Crippen LogP contribution < -0.4 is 5.32 Å². The van der Waals surface area contributed by atoms with Gasteiger partial charge in [-0.3, -0.25) is 19.2 Å². The van der Waals surface area contributed by atoms with Crippen molar-refractivity contribution in [2.24, 2.45) is 5.92 Å². The second kappa shape index (κ2) is 8.17. The number of fused-ring (bicyclic) bond motifs is 2. The fraction of sp³-hybridized carbons (Fsp3) is 0.273. The van der Waals surface area contributed by atoms with E-state index >= 15 is 0 Å². The summed E-state index contributed by atoms with van der Waals surface area (Å²) in [5.74, 6) is -1.81. The lowest BCUT2D eigenvalue weighted by molar-refractivity contribution is -0.151. The van der Waals surface area contributed by atoms with Crippen LogP contribution in [-0.4, -0.2) is 30.0 Å². The molecule has 0 saturated heterocycles. The molecule has 6 nitrogen and oxygen atoms in total. The zero-order valence-electron chi connectivity index (χ0n) is 15.8. The van der Waals surface area contributed by atoms with Crippen LogP contribution in [-0.2, 0) is 14.3 Å². The van der Waals surface area contributed by atoms with E-state index in [4.69, 9.17) is 4.74 Å². The van der Waals surface area contributed by atoms with Crippen molar-refractivity contribution in [3.8, 4) is 0 Å². The predicted octanol–water partition coefficient (Wildman–Crippen LogP) is 3.38. The Kier molecular flexibility index (Phi) is 5.68. The van der Waals surface area contributed by atoms with Gasteiger partial charge in [-0.15, -0.1) is 0 Å². The molecule has 3 rings (SSSR count). The fourth-order valence-electron chi connectivity index (χ4n) is 3.31. The summed E-state index contributed by atoms with van der Waals surface area (Å²) in [6.07, 6.45) is 1.28. The topological polar surface area (TPSA) is 89.5 Å². The van der Waals surface area contributed by atoms with E-state index in [1.807, 2.05) is 13.8 Å². The summed E-state index contributed by atoms with van der Waals surface area (Å²) in [6.45, 7) is 3.32. The lowest BCUT2D eigenvalue weighted by atomic mass is 9.83. The summed E-state index contributed by atoms with van der Waals surface area (Å²) in [4.78, 5) is 49.8. The lowest BCUT2D eigenvalue weighted by Crippen LogP contribution is -2.27. The van der Waals surface area contributed by atoms with Crippen LogP contribution in [0, 0.1) is 5.92 Å². The smallest absolute Gasteiger partial charge is 0.309 e. The van der Waals surface area contributed by atoms with Gasteiger partial charge in [0.1, 0.15) is 0 Å². The normalized spacial score (nSPS) is 12.4. The van der Waals surface area contributed by atoms with Crippen LogP contribution in [0.5, 0.6) is 0 Å². The number of hydrogen-bond donors (Lipinski definition) is 1. The van der Waals surface area contributed by atoms with Crippen LogP contribution in [0.25, 0.3) is 0 Å². The summed E-state index contributed by atoms with van der Waals surface area (Å²) in [7, 11) is 0. The molecule has 1 amide bonds. The van der Waals surface area contributed by atoms with Crippen LogP contribution >= 0.6 is 0 Å². The first kappa shape index (κ1) is 19.5. The molecule has 0 heterocycles. The number of amides is 1. The highest BCUT2D eigenvalue weighted by Gasteiger charge is 2.31. The van der Waals surface area contributed by atoms with Gasteiger partial charge >= 0.3 is 5.97 Å². The number of hydrogen-bond acceptors (Lipinski definition) is 5. The van der Waals surface area contributed by atoms with Crippen LogP contribution in [0.4, 0.5) is 5.69 Å². The Hall–Kier alpha value is -3.28. The summed E-state index contributed by atoms with van der Waals surface area (Å²) < 4.78 is 5.07. The van der Waals surface area contributed by atoms with Gasteiger partial charge in [0.25, 0.3) is 5.91 Å². The molecule has 0 aromatic heterocycles. The van der Waals surface area contributed by atoms with E-state index in [-0.39, 0.29) is 34.3 Å². The highest BCUT2D eigenvalue weighted by Crippen LogP contribution is 2.31. The summed E-state index contributed by atoms with van der Waals surface area (Å²) >= 11 is 0. The molecule has 2 aromatic carbocycles. The third-order valence-corrected chi connectivity index (χ3v) is 4.89. The van der Waals surface area contributed by atoms with Crippen molar-refractivity contribution in [3.05, 3.63) is 64.7 Å². The number of rotatable bonds is 6. The molecular weight excluding hydrogens is 358 g/mol. The van der Waals surface area contributed by atoms with Crippen LogP contribution in [0.3, 0.4) is 0 Å². The number of anilines is 1.